The van der Waals surface area contributed by atoms with Gasteiger partial charge in [-0.05, 0) is 54.3 Å². The van der Waals surface area contributed by atoms with Gasteiger partial charge in [-0.2, -0.15) is 0 Å². The van der Waals surface area contributed by atoms with Crippen LogP contribution < -0.4 is 10.6 Å². The summed E-state index contributed by atoms with van der Waals surface area (Å²) in [4.78, 5) is 25.3. The van der Waals surface area contributed by atoms with Crippen molar-refractivity contribution in [2.45, 2.75) is 33.2 Å². The second-order valence-electron chi connectivity index (χ2n) is 7.91. The number of amides is 2. The van der Waals surface area contributed by atoms with Crippen LogP contribution in [0.1, 0.15) is 53.0 Å². The van der Waals surface area contributed by atoms with Gasteiger partial charge in [-0.15, -0.1) is 0 Å². The molecule has 168 valence electrons. The summed E-state index contributed by atoms with van der Waals surface area (Å²) in [5.74, 6) is -0.417. The standard InChI is InChI=1S/C28H29N3O2/c1-4-19(2)12-17-26(20(3)29)31-27(32)23-15-13-21(14-16-23)18-30-28(33)25-11-7-9-22-8-5-6-10-24(22)25/h5-11,13-17,29H,2,4,12,18H2,1,3H3,(H,30,33)(H,31,32)/b26-17+,29-20?. The number of hydrogen-bond donors (Lipinski definition) is 3. The van der Waals surface area contributed by atoms with Crippen molar-refractivity contribution in [1.82, 2.24) is 10.6 Å². The maximum Gasteiger partial charge on any atom is 0.255 e. The minimum Gasteiger partial charge on any atom is -0.348 e. The smallest absolute Gasteiger partial charge is 0.255 e. The molecule has 0 saturated heterocycles. The Morgan fingerprint density at radius 3 is 2.36 bits per heavy atom. The lowest BCUT2D eigenvalue weighted by Gasteiger charge is -2.11. The molecule has 0 aliphatic carbocycles. The Kier molecular flexibility index (Phi) is 7.92. The van der Waals surface area contributed by atoms with Crippen LogP contribution in [0.3, 0.4) is 0 Å². The molecule has 5 heteroatoms. The van der Waals surface area contributed by atoms with E-state index in [1.54, 1.807) is 19.1 Å². The second-order valence-corrected chi connectivity index (χ2v) is 7.91. The van der Waals surface area contributed by atoms with Gasteiger partial charge in [0.05, 0.1) is 11.4 Å². The predicted molar refractivity (Wildman–Crippen MR) is 135 cm³/mol. The topological polar surface area (TPSA) is 82.1 Å². The van der Waals surface area contributed by atoms with Crippen LogP contribution in [-0.4, -0.2) is 17.5 Å². The number of rotatable bonds is 9. The molecule has 3 rings (SSSR count). The summed E-state index contributed by atoms with van der Waals surface area (Å²) in [5, 5.41) is 15.6. The van der Waals surface area contributed by atoms with E-state index in [0.29, 0.717) is 35.5 Å². The third-order valence-corrected chi connectivity index (χ3v) is 5.45. The third-order valence-electron chi connectivity index (χ3n) is 5.45. The van der Waals surface area contributed by atoms with E-state index in [1.165, 1.54) is 0 Å². The van der Waals surface area contributed by atoms with Crippen LogP contribution in [0.4, 0.5) is 0 Å². The van der Waals surface area contributed by atoms with Crippen molar-refractivity contribution in [3.05, 3.63) is 107 Å². The number of allylic oxidation sites excluding steroid dienone is 3. The fourth-order valence-electron chi connectivity index (χ4n) is 3.36. The molecule has 3 N–H and O–H groups in total. The van der Waals surface area contributed by atoms with Gasteiger partial charge in [-0.3, -0.25) is 9.59 Å². The van der Waals surface area contributed by atoms with Gasteiger partial charge in [-0.25, -0.2) is 0 Å². The third kappa shape index (κ3) is 6.26. The first-order valence-electron chi connectivity index (χ1n) is 11.0. The number of fused-ring (bicyclic) bond motifs is 1. The lowest BCUT2D eigenvalue weighted by Crippen LogP contribution is -2.26. The van der Waals surface area contributed by atoms with Crippen molar-refractivity contribution in [3.63, 3.8) is 0 Å². The van der Waals surface area contributed by atoms with Crippen LogP contribution in [0.2, 0.25) is 0 Å². The van der Waals surface area contributed by atoms with E-state index < -0.39 is 0 Å². The van der Waals surface area contributed by atoms with Crippen LogP contribution in [0.5, 0.6) is 0 Å². The molecule has 33 heavy (non-hydrogen) atoms. The van der Waals surface area contributed by atoms with Gasteiger partial charge < -0.3 is 16.0 Å². The maximum absolute atomic E-state index is 12.7. The van der Waals surface area contributed by atoms with Crippen LogP contribution in [0.25, 0.3) is 10.8 Å². The summed E-state index contributed by atoms with van der Waals surface area (Å²) in [5.41, 5.74) is 3.83. The SMILES string of the molecule is C=C(CC)C/C=C(/NC(=O)c1ccc(CNC(=O)c2cccc3ccccc23)cc1)C(C)=N. The molecule has 0 unspecified atom stereocenters. The van der Waals surface area contributed by atoms with Gasteiger partial charge in [0.15, 0.2) is 0 Å². The molecule has 3 aromatic carbocycles. The summed E-state index contributed by atoms with van der Waals surface area (Å²) in [6.45, 7) is 7.98. The molecular weight excluding hydrogens is 410 g/mol. The number of hydrogen-bond acceptors (Lipinski definition) is 3. The summed E-state index contributed by atoms with van der Waals surface area (Å²) >= 11 is 0. The minimum atomic E-state index is -0.277. The molecule has 0 spiro atoms. The molecule has 0 radical (unpaired) electrons. The molecule has 3 aromatic rings. The van der Waals surface area contributed by atoms with E-state index in [2.05, 4.69) is 17.2 Å². The highest BCUT2D eigenvalue weighted by Crippen LogP contribution is 2.18. The fourth-order valence-corrected chi connectivity index (χ4v) is 3.36. The maximum atomic E-state index is 12.7. The average molecular weight is 440 g/mol. The summed E-state index contributed by atoms with van der Waals surface area (Å²) in [6, 6.07) is 20.5. The molecule has 5 nitrogen and oxygen atoms in total. The summed E-state index contributed by atoms with van der Waals surface area (Å²) in [6.07, 6.45) is 3.30. The van der Waals surface area contributed by atoms with Crippen molar-refractivity contribution < 1.29 is 9.59 Å². The molecular formula is C28H29N3O2. The van der Waals surface area contributed by atoms with E-state index in [0.717, 1.165) is 28.3 Å². The molecule has 0 bridgehead atoms. The van der Waals surface area contributed by atoms with Crippen molar-refractivity contribution in [1.29, 1.82) is 5.41 Å². The van der Waals surface area contributed by atoms with Crippen molar-refractivity contribution >= 4 is 28.3 Å². The molecule has 0 atom stereocenters. The zero-order valence-corrected chi connectivity index (χ0v) is 19.1. The Labute approximate surface area is 194 Å². The fraction of sp³-hybridized carbons (Fsp3) is 0.179. The van der Waals surface area contributed by atoms with Crippen LogP contribution in [0.15, 0.2) is 90.7 Å². The highest BCUT2D eigenvalue weighted by atomic mass is 16.2. The first-order chi connectivity index (χ1) is 15.9. The largest absolute Gasteiger partial charge is 0.348 e. The molecule has 0 aliphatic rings. The van der Waals surface area contributed by atoms with Gasteiger partial charge in [-0.1, -0.05) is 73.7 Å². The molecule has 0 saturated carbocycles. The number of carbonyl (C=O) groups excluding carboxylic acids is 2. The van der Waals surface area contributed by atoms with Gasteiger partial charge in [0.25, 0.3) is 11.8 Å². The van der Waals surface area contributed by atoms with Gasteiger partial charge >= 0.3 is 0 Å². The highest BCUT2D eigenvalue weighted by molar-refractivity contribution is 6.07. The molecule has 0 fully saturated rings. The van der Waals surface area contributed by atoms with Gasteiger partial charge in [0.1, 0.15) is 0 Å². The Balaban J connectivity index is 1.62. The van der Waals surface area contributed by atoms with Gasteiger partial charge in [0.2, 0.25) is 0 Å². The van der Waals surface area contributed by atoms with Crippen LogP contribution in [-0.2, 0) is 6.54 Å². The molecule has 0 heterocycles. The van der Waals surface area contributed by atoms with E-state index in [4.69, 9.17) is 5.41 Å². The lowest BCUT2D eigenvalue weighted by atomic mass is 10.0. The first-order valence-corrected chi connectivity index (χ1v) is 11.0. The summed E-state index contributed by atoms with van der Waals surface area (Å²) in [7, 11) is 0. The molecule has 0 aliphatic heterocycles. The second kappa shape index (κ2) is 11.0. The normalized spacial score (nSPS) is 11.2. The zero-order valence-electron chi connectivity index (χ0n) is 19.1. The number of nitrogens with one attached hydrogen (secondary N) is 3. The van der Waals surface area contributed by atoms with E-state index >= 15 is 0 Å². The molecule has 0 aromatic heterocycles. The van der Waals surface area contributed by atoms with Crippen LogP contribution in [0, 0.1) is 5.41 Å². The Bertz CT molecular complexity index is 1220. The quantitative estimate of drug-likeness (QED) is 0.292. The minimum absolute atomic E-state index is 0.140. The monoisotopic (exact) mass is 439 g/mol. The number of benzene rings is 3. The first kappa shape index (κ1) is 23.7. The Morgan fingerprint density at radius 1 is 0.970 bits per heavy atom. The Morgan fingerprint density at radius 2 is 1.67 bits per heavy atom. The number of carbonyl (C=O) groups is 2. The van der Waals surface area contributed by atoms with E-state index in [9.17, 15) is 9.59 Å². The van der Waals surface area contributed by atoms with Crippen LogP contribution >= 0.6 is 0 Å². The van der Waals surface area contributed by atoms with Crippen molar-refractivity contribution in [2.24, 2.45) is 0 Å². The van der Waals surface area contributed by atoms with Crippen molar-refractivity contribution in [2.75, 3.05) is 0 Å². The van der Waals surface area contributed by atoms with Crippen molar-refractivity contribution in [3.8, 4) is 0 Å². The van der Waals surface area contributed by atoms with E-state index in [1.807, 2.05) is 67.6 Å². The van der Waals surface area contributed by atoms with Gasteiger partial charge in [0, 0.05) is 17.7 Å². The Hall–Kier alpha value is -3.99. The highest BCUT2D eigenvalue weighted by Gasteiger charge is 2.11. The zero-order chi connectivity index (χ0) is 23.8. The van der Waals surface area contributed by atoms with E-state index in [-0.39, 0.29) is 11.8 Å². The lowest BCUT2D eigenvalue weighted by molar-refractivity contribution is 0.0948. The molecule has 2 amide bonds. The average Bonchev–Trinajstić information content (AvgIpc) is 2.84. The predicted octanol–water partition coefficient (Wildman–Crippen LogP) is 5.78. The summed E-state index contributed by atoms with van der Waals surface area (Å²) < 4.78 is 0.